The van der Waals surface area contributed by atoms with Crippen LogP contribution in [0.1, 0.15) is 105 Å². The molecule has 4 nitrogen and oxygen atoms in total. The number of rotatable bonds is 16. The van der Waals surface area contributed by atoms with Gasteiger partial charge in [-0.25, -0.2) is 4.79 Å². The van der Waals surface area contributed by atoms with Crippen molar-refractivity contribution in [2.75, 3.05) is 6.61 Å². The van der Waals surface area contributed by atoms with Crippen molar-refractivity contribution in [1.29, 1.82) is 0 Å². The zero-order valence-corrected chi connectivity index (χ0v) is 16.7. The van der Waals surface area contributed by atoms with Crippen LogP contribution in [0.3, 0.4) is 0 Å². The second-order valence-corrected chi connectivity index (χ2v) is 7.06. The number of carbonyl (C=O) groups is 1. The van der Waals surface area contributed by atoms with E-state index in [9.17, 15) is 9.90 Å². The van der Waals surface area contributed by atoms with Crippen LogP contribution in [0.2, 0.25) is 0 Å². The molecule has 0 aromatic carbocycles. The number of unbranched alkanes of at least 4 members (excludes halogenated alkanes) is 4. The van der Waals surface area contributed by atoms with Gasteiger partial charge in [0.05, 0.1) is 6.61 Å². The van der Waals surface area contributed by atoms with Crippen LogP contribution in [-0.4, -0.2) is 29.1 Å². The zero-order chi connectivity index (χ0) is 18.5. The van der Waals surface area contributed by atoms with E-state index in [1.807, 2.05) is 0 Å². The summed E-state index contributed by atoms with van der Waals surface area (Å²) in [4.78, 5) is 11.9. The third-order valence-electron chi connectivity index (χ3n) is 4.56. The topological polar surface area (TPSA) is 55.8 Å². The summed E-state index contributed by atoms with van der Waals surface area (Å²) >= 11 is 0. The lowest BCUT2D eigenvalue weighted by molar-refractivity contribution is -0.293. The molecule has 0 amide bonds. The summed E-state index contributed by atoms with van der Waals surface area (Å²) < 4.78 is 12.5. The Balaban J connectivity index is 5.35. The van der Waals surface area contributed by atoms with E-state index in [4.69, 9.17) is 9.47 Å². The highest BCUT2D eigenvalue weighted by atomic mass is 16.7. The summed E-state index contributed by atoms with van der Waals surface area (Å²) in [5.41, 5.74) is -1.18. The molecule has 0 aromatic rings. The normalized spacial score (nSPS) is 14.5. The SMILES string of the molecule is CCCCOC(CCCC)(CCCC)OC(C)(CCCC)C(=O)O. The summed E-state index contributed by atoms with van der Waals surface area (Å²) in [6, 6.07) is 0. The maximum absolute atomic E-state index is 11.9. The molecule has 0 heterocycles. The molecule has 0 bridgehead atoms. The van der Waals surface area contributed by atoms with Gasteiger partial charge in [0.15, 0.2) is 11.4 Å². The molecule has 0 aliphatic heterocycles. The fourth-order valence-corrected chi connectivity index (χ4v) is 2.82. The highest BCUT2D eigenvalue weighted by Crippen LogP contribution is 2.35. The molecule has 144 valence electrons. The minimum atomic E-state index is -1.18. The summed E-state index contributed by atoms with van der Waals surface area (Å²) in [6.07, 6.45) is 9.96. The molecule has 0 spiro atoms. The summed E-state index contributed by atoms with van der Waals surface area (Å²) in [5, 5.41) is 9.76. The van der Waals surface area contributed by atoms with Crippen LogP contribution in [-0.2, 0) is 14.3 Å². The van der Waals surface area contributed by atoms with Crippen molar-refractivity contribution in [3.05, 3.63) is 0 Å². The molecule has 4 heteroatoms. The summed E-state index contributed by atoms with van der Waals surface area (Å²) in [6.45, 7) is 10.8. The molecule has 0 aliphatic carbocycles. The average molecular weight is 345 g/mol. The van der Waals surface area contributed by atoms with Crippen molar-refractivity contribution in [2.24, 2.45) is 0 Å². The van der Waals surface area contributed by atoms with Gasteiger partial charge in [-0.3, -0.25) is 0 Å². The molecular formula is C20H40O4. The second-order valence-electron chi connectivity index (χ2n) is 7.06. The Hall–Kier alpha value is -0.610. The lowest BCUT2D eigenvalue weighted by Crippen LogP contribution is -2.49. The summed E-state index contributed by atoms with van der Waals surface area (Å²) in [5.74, 6) is -1.64. The molecular weight excluding hydrogens is 304 g/mol. The fraction of sp³-hybridized carbons (Fsp3) is 0.950. The molecule has 0 rings (SSSR count). The van der Waals surface area contributed by atoms with Crippen LogP contribution in [0.5, 0.6) is 0 Å². The highest BCUT2D eigenvalue weighted by molar-refractivity contribution is 5.76. The number of carboxylic acids is 1. The van der Waals surface area contributed by atoms with Crippen LogP contribution < -0.4 is 0 Å². The fourth-order valence-electron chi connectivity index (χ4n) is 2.82. The average Bonchev–Trinajstić information content (AvgIpc) is 2.56. The van der Waals surface area contributed by atoms with Crippen LogP contribution in [0, 0.1) is 0 Å². The van der Waals surface area contributed by atoms with Crippen molar-refractivity contribution in [1.82, 2.24) is 0 Å². The Bertz CT molecular complexity index is 322. The number of aliphatic carboxylic acids is 1. The van der Waals surface area contributed by atoms with E-state index in [2.05, 4.69) is 27.7 Å². The van der Waals surface area contributed by atoms with Crippen LogP contribution in [0.4, 0.5) is 0 Å². The largest absolute Gasteiger partial charge is 0.479 e. The monoisotopic (exact) mass is 344 g/mol. The first-order valence-corrected chi connectivity index (χ1v) is 9.97. The Morgan fingerprint density at radius 2 is 1.29 bits per heavy atom. The Morgan fingerprint density at radius 3 is 1.71 bits per heavy atom. The Labute approximate surface area is 149 Å². The van der Waals surface area contributed by atoms with Gasteiger partial charge >= 0.3 is 5.97 Å². The number of carboxylic acid groups (broad SMARTS) is 1. The van der Waals surface area contributed by atoms with Gasteiger partial charge in [0.1, 0.15) is 0 Å². The standard InChI is InChI=1S/C20H40O4/c1-6-10-14-19(5,18(21)22)24-20(15-11-7-2,16-12-8-3)23-17-13-9-4/h6-17H2,1-5H3,(H,21,22). The number of hydrogen-bond donors (Lipinski definition) is 1. The first-order chi connectivity index (χ1) is 11.4. The van der Waals surface area contributed by atoms with E-state index in [1.54, 1.807) is 6.92 Å². The molecule has 0 saturated carbocycles. The van der Waals surface area contributed by atoms with Gasteiger partial charge in [0.2, 0.25) is 0 Å². The minimum Gasteiger partial charge on any atom is -0.479 e. The molecule has 0 saturated heterocycles. The molecule has 0 radical (unpaired) electrons. The van der Waals surface area contributed by atoms with Gasteiger partial charge in [-0.05, 0) is 32.6 Å². The van der Waals surface area contributed by atoms with E-state index in [0.717, 1.165) is 64.2 Å². The lowest BCUT2D eigenvalue weighted by atomic mass is 9.95. The van der Waals surface area contributed by atoms with Crippen molar-refractivity contribution in [3.8, 4) is 0 Å². The van der Waals surface area contributed by atoms with E-state index in [0.29, 0.717) is 13.0 Å². The van der Waals surface area contributed by atoms with Crippen LogP contribution in [0.25, 0.3) is 0 Å². The predicted octanol–water partition coefficient (Wildman–Crippen LogP) is 5.93. The van der Waals surface area contributed by atoms with Gasteiger partial charge in [0, 0.05) is 12.8 Å². The van der Waals surface area contributed by atoms with Crippen molar-refractivity contribution < 1.29 is 19.4 Å². The maximum atomic E-state index is 11.9. The van der Waals surface area contributed by atoms with E-state index < -0.39 is 17.4 Å². The summed E-state index contributed by atoms with van der Waals surface area (Å²) in [7, 11) is 0. The highest BCUT2D eigenvalue weighted by Gasteiger charge is 2.43. The Morgan fingerprint density at radius 1 is 0.833 bits per heavy atom. The second kappa shape index (κ2) is 12.7. The van der Waals surface area contributed by atoms with Gasteiger partial charge in [0.25, 0.3) is 0 Å². The first kappa shape index (κ1) is 23.4. The van der Waals surface area contributed by atoms with Gasteiger partial charge in [-0.1, -0.05) is 59.8 Å². The van der Waals surface area contributed by atoms with E-state index in [1.165, 1.54) is 0 Å². The Kier molecular flexibility index (Phi) is 12.4. The van der Waals surface area contributed by atoms with Gasteiger partial charge < -0.3 is 14.6 Å². The molecule has 1 unspecified atom stereocenters. The molecule has 0 fully saturated rings. The molecule has 24 heavy (non-hydrogen) atoms. The maximum Gasteiger partial charge on any atom is 0.335 e. The number of ether oxygens (including phenoxy) is 2. The van der Waals surface area contributed by atoms with Crippen LogP contribution >= 0.6 is 0 Å². The van der Waals surface area contributed by atoms with Crippen molar-refractivity contribution in [3.63, 3.8) is 0 Å². The smallest absolute Gasteiger partial charge is 0.335 e. The number of hydrogen-bond acceptors (Lipinski definition) is 3. The third kappa shape index (κ3) is 8.48. The molecule has 0 aliphatic rings. The quantitative estimate of drug-likeness (QED) is 0.278. The first-order valence-electron chi connectivity index (χ1n) is 9.97. The molecule has 0 aromatic heterocycles. The van der Waals surface area contributed by atoms with Crippen LogP contribution in [0.15, 0.2) is 0 Å². The lowest BCUT2D eigenvalue weighted by Gasteiger charge is -2.41. The minimum absolute atomic E-state index is 0.524. The molecule has 1 atom stereocenters. The molecule has 1 N–H and O–H groups in total. The van der Waals surface area contributed by atoms with E-state index in [-0.39, 0.29) is 0 Å². The zero-order valence-electron chi connectivity index (χ0n) is 16.7. The predicted molar refractivity (Wildman–Crippen MR) is 99.3 cm³/mol. The van der Waals surface area contributed by atoms with Gasteiger partial charge in [-0.2, -0.15) is 0 Å². The van der Waals surface area contributed by atoms with Gasteiger partial charge in [-0.15, -0.1) is 0 Å². The van der Waals surface area contributed by atoms with E-state index >= 15 is 0 Å². The van der Waals surface area contributed by atoms with Crippen molar-refractivity contribution in [2.45, 2.75) is 117 Å². The van der Waals surface area contributed by atoms with Crippen molar-refractivity contribution >= 4 is 5.97 Å². The third-order valence-corrected chi connectivity index (χ3v) is 4.56.